The molecule has 4 aromatic rings. The van der Waals surface area contributed by atoms with Gasteiger partial charge in [-0.2, -0.15) is 4.98 Å². The molecular formula is C25H23N7O2. The van der Waals surface area contributed by atoms with Crippen molar-refractivity contribution in [3.63, 3.8) is 0 Å². The fraction of sp³-hybridized carbons (Fsp3) is 0.280. The zero-order valence-electron chi connectivity index (χ0n) is 18.5. The number of likely N-dealkylation sites (tertiary alicyclic amines) is 1. The number of hydrogen-bond donors (Lipinski definition) is 2. The Kier molecular flexibility index (Phi) is 4.73. The van der Waals surface area contributed by atoms with Gasteiger partial charge in [0.25, 0.3) is 6.01 Å². The number of nitrogen functional groups attached to an aromatic ring is 1. The van der Waals surface area contributed by atoms with Crippen LogP contribution >= 0.6 is 0 Å². The molecule has 3 N–H and O–H groups in total. The normalized spacial score (nSPS) is 17.6. The lowest BCUT2D eigenvalue weighted by molar-refractivity contribution is -0.125. The second-order valence-corrected chi connectivity index (χ2v) is 8.71. The maximum atomic E-state index is 12.0. The summed E-state index contributed by atoms with van der Waals surface area (Å²) in [4.78, 5) is 27.0. The Balaban J connectivity index is 1.34. The average Bonchev–Trinajstić information content (AvgIpc) is 3.23. The average molecular weight is 454 g/mol. The lowest BCUT2D eigenvalue weighted by Crippen LogP contribution is -2.27. The number of nitrogens with two attached hydrogens (primary N) is 1. The van der Waals surface area contributed by atoms with Crippen LogP contribution in [0.2, 0.25) is 0 Å². The van der Waals surface area contributed by atoms with E-state index in [4.69, 9.17) is 10.2 Å². The molecule has 3 aromatic heterocycles. The maximum absolute atomic E-state index is 12.0. The van der Waals surface area contributed by atoms with Gasteiger partial charge in [-0.15, -0.1) is 0 Å². The lowest BCUT2D eigenvalue weighted by atomic mass is 10.2. The SMILES string of the molecule is C=CC(=O)N1CC[C@H](n2cc(C#Cc3ccc4oc(NC5CC5)nc4c3)c3c(N)ncnc32)C1. The Morgan fingerprint density at radius 3 is 2.97 bits per heavy atom. The van der Waals surface area contributed by atoms with E-state index in [9.17, 15) is 4.79 Å². The number of fused-ring (bicyclic) bond motifs is 2. The number of aromatic nitrogens is 4. The van der Waals surface area contributed by atoms with E-state index in [1.165, 1.54) is 12.4 Å². The van der Waals surface area contributed by atoms with E-state index in [0.717, 1.165) is 52.5 Å². The molecular weight excluding hydrogens is 430 g/mol. The zero-order chi connectivity index (χ0) is 23.2. The molecule has 9 heteroatoms. The molecule has 0 bridgehead atoms. The van der Waals surface area contributed by atoms with Crippen LogP contribution in [0, 0.1) is 11.8 Å². The molecule has 2 fully saturated rings. The van der Waals surface area contributed by atoms with Crippen molar-refractivity contribution in [1.82, 2.24) is 24.4 Å². The lowest BCUT2D eigenvalue weighted by Gasteiger charge is -2.15. The first-order chi connectivity index (χ1) is 16.6. The molecule has 1 saturated heterocycles. The smallest absolute Gasteiger partial charge is 0.295 e. The highest BCUT2D eigenvalue weighted by Gasteiger charge is 2.28. The molecule has 1 aliphatic heterocycles. The third-order valence-electron chi connectivity index (χ3n) is 6.32. The van der Waals surface area contributed by atoms with Crippen molar-refractivity contribution in [1.29, 1.82) is 0 Å². The van der Waals surface area contributed by atoms with Gasteiger partial charge in [-0.3, -0.25) is 4.79 Å². The van der Waals surface area contributed by atoms with Crippen LogP contribution in [-0.4, -0.2) is 49.5 Å². The van der Waals surface area contributed by atoms with Crippen LogP contribution in [-0.2, 0) is 4.79 Å². The molecule has 6 rings (SSSR count). The van der Waals surface area contributed by atoms with Gasteiger partial charge < -0.3 is 24.9 Å². The van der Waals surface area contributed by atoms with E-state index in [-0.39, 0.29) is 11.9 Å². The summed E-state index contributed by atoms with van der Waals surface area (Å²) in [6, 6.07) is 6.82. The number of carbonyl (C=O) groups excluding carboxylic acids is 1. The number of nitrogens with one attached hydrogen (secondary N) is 1. The molecule has 170 valence electrons. The van der Waals surface area contributed by atoms with Gasteiger partial charge in [0.05, 0.1) is 17.0 Å². The van der Waals surface area contributed by atoms with Crippen molar-refractivity contribution in [3.05, 3.63) is 54.5 Å². The summed E-state index contributed by atoms with van der Waals surface area (Å²) in [6.45, 7) is 4.85. The molecule has 9 nitrogen and oxygen atoms in total. The van der Waals surface area contributed by atoms with E-state index in [2.05, 4.69) is 43.3 Å². The molecule has 34 heavy (non-hydrogen) atoms. The summed E-state index contributed by atoms with van der Waals surface area (Å²) in [5.74, 6) is 6.79. The highest BCUT2D eigenvalue weighted by atomic mass is 16.4. The summed E-state index contributed by atoms with van der Waals surface area (Å²) >= 11 is 0. The van der Waals surface area contributed by atoms with Gasteiger partial charge >= 0.3 is 0 Å². The molecule has 0 radical (unpaired) electrons. The third kappa shape index (κ3) is 3.63. The molecule has 1 amide bonds. The minimum atomic E-state index is -0.0631. The largest absolute Gasteiger partial charge is 0.424 e. The van der Waals surface area contributed by atoms with Crippen molar-refractivity contribution in [2.45, 2.75) is 31.3 Å². The number of anilines is 2. The molecule has 1 atom stereocenters. The third-order valence-corrected chi connectivity index (χ3v) is 6.32. The van der Waals surface area contributed by atoms with E-state index >= 15 is 0 Å². The van der Waals surface area contributed by atoms with Crippen LogP contribution in [0.4, 0.5) is 11.8 Å². The van der Waals surface area contributed by atoms with Crippen LogP contribution in [0.3, 0.4) is 0 Å². The minimum Gasteiger partial charge on any atom is -0.424 e. The molecule has 2 aliphatic rings. The quantitative estimate of drug-likeness (QED) is 0.360. The van der Waals surface area contributed by atoms with Gasteiger partial charge in [0.15, 0.2) is 5.58 Å². The zero-order valence-corrected chi connectivity index (χ0v) is 18.5. The number of carbonyl (C=O) groups is 1. The van der Waals surface area contributed by atoms with Crippen LogP contribution < -0.4 is 11.1 Å². The van der Waals surface area contributed by atoms with Crippen LogP contribution in [0.15, 0.2) is 47.8 Å². The van der Waals surface area contributed by atoms with E-state index in [1.807, 2.05) is 24.4 Å². The van der Waals surface area contributed by atoms with Gasteiger partial charge in [0.2, 0.25) is 5.91 Å². The molecule has 1 aliphatic carbocycles. The van der Waals surface area contributed by atoms with E-state index < -0.39 is 0 Å². The Labute approximate surface area is 195 Å². The number of hydrogen-bond acceptors (Lipinski definition) is 7. The van der Waals surface area contributed by atoms with Gasteiger partial charge in [-0.25, -0.2) is 9.97 Å². The van der Waals surface area contributed by atoms with Crippen molar-refractivity contribution in [2.75, 3.05) is 24.1 Å². The molecule has 0 spiro atoms. The highest BCUT2D eigenvalue weighted by molar-refractivity contribution is 5.92. The monoisotopic (exact) mass is 453 g/mol. The fourth-order valence-electron chi connectivity index (χ4n) is 4.39. The second-order valence-electron chi connectivity index (χ2n) is 8.71. The first-order valence-corrected chi connectivity index (χ1v) is 11.3. The van der Waals surface area contributed by atoms with E-state index in [1.54, 1.807) is 4.90 Å². The molecule has 1 aromatic carbocycles. The number of rotatable bonds is 4. The first-order valence-electron chi connectivity index (χ1n) is 11.3. The van der Waals surface area contributed by atoms with Crippen LogP contribution in [0.1, 0.15) is 36.4 Å². The number of nitrogens with zero attached hydrogens (tertiary/aromatic N) is 5. The minimum absolute atomic E-state index is 0.0631. The Morgan fingerprint density at radius 2 is 2.15 bits per heavy atom. The molecule has 4 heterocycles. The summed E-state index contributed by atoms with van der Waals surface area (Å²) in [7, 11) is 0. The Morgan fingerprint density at radius 1 is 1.26 bits per heavy atom. The van der Waals surface area contributed by atoms with Crippen LogP contribution in [0.25, 0.3) is 22.1 Å². The maximum Gasteiger partial charge on any atom is 0.295 e. The van der Waals surface area contributed by atoms with Crippen molar-refractivity contribution in [3.8, 4) is 11.8 Å². The number of amides is 1. The summed E-state index contributed by atoms with van der Waals surface area (Å²) in [5, 5.41) is 4.00. The summed E-state index contributed by atoms with van der Waals surface area (Å²) in [5.41, 5.74) is 9.99. The van der Waals surface area contributed by atoms with Gasteiger partial charge in [-0.1, -0.05) is 18.4 Å². The van der Waals surface area contributed by atoms with Crippen molar-refractivity contribution >= 4 is 39.9 Å². The predicted molar refractivity (Wildman–Crippen MR) is 129 cm³/mol. The Hall–Kier alpha value is -4.32. The molecule has 0 unspecified atom stereocenters. The summed E-state index contributed by atoms with van der Waals surface area (Å²) < 4.78 is 7.82. The van der Waals surface area contributed by atoms with Gasteiger partial charge in [0.1, 0.15) is 23.3 Å². The first kappa shape index (κ1) is 20.3. The predicted octanol–water partition coefficient (Wildman–Crippen LogP) is 3.09. The fourth-order valence-corrected chi connectivity index (χ4v) is 4.39. The van der Waals surface area contributed by atoms with Crippen molar-refractivity contribution in [2.24, 2.45) is 0 Å². The number of benzene rings is 1. The number of oxazole rings is 1. The second kappa shape index (κ2) is 7.92. The topological polar surface area (TPSA) is 115 Å². The molecule has 1 saturated carbocycles. The Bertz CT molecular complexity index is 1500. The van der Waals surface area contributed by atoms with Crippen molar-refractivity contribution < 1.29 is 9.21 Å². The van der Waals surface area contributed by atoms with Crippen LogP contribution in [0.5, 0.6) is 0 Å². The van der Waals surface area contributed by atoms with Gasteiger partial charge in [-0.05, 0) is 43.5 Å². The standard InChI is InChI=1S/C25H23N7O2/c1-2-21(33)31-10-9-18(13-31)32-12-16(22-23(26)27-14-28-24(22)32)5-3-15-4-8-20-19(11-15)30-25(34-20)29-17-6-7-17/h2,4,8,11-12,14,17-18H,1,6-7,9-10,13H2,(H,29,30)(H2,26,27,28)/t18-/m0/s1. The summed E-state index contributed by atoms with van der Waals surface area (Å²) in [6.07, 6.45) is 7.89. The van der Waals surface area contributed by atoms with E-state index in [0.29, 0.717) is 31.0 Å². The highest BCUT2D eigenvalue weighted by Crippen LogP contribution is 2.31. The van der Waals surface area contributed by atoms with Gasteiger partial charge in [0, 0.05) is 30.9 Å².